The molecule has 1 aromatic heterocycles. The summed E-state index contributed by atoms with van der Waals surface area (Å²) in [4.78, 5) is 26.0. The first-order chi connectivity index (χ1) is 13.2. The normalized spacial score (nSPS) is 11.5. The number of nitrogens with two attached hydrogens (primary N) is 1. The van der Waals surface area contributed by atoms with Gasteiger partial charge in [-0.25, -0.2) is 13.4 Å². The molecule has 1 heterocycles. The van der Waals surface area contributed by atoms with Crippen LogP contribution in [0.25, 0.3) is 11.0 Å². The topological polar surface area (TPSA) is 147 Å². The van der Waals surface area contributed by atoms with Crippen LogP contribution in [0.5, 0.6) is 5.75 Å². The van der Waals surface area contributed by atoms with Crippen LogP contribution in [0.3, 0.4) is 0 Å². The maximum Gasteiger partial charge on any atom is 0.311 e. The lowest BCUT2D eigenvalue weighted by atomic mass is 10.2. The van der Waals surface area contributed by atoms with Gasteiger partial charge < -0.3 is 15.0 Å². The van der Waals surface area contributed by atoms with Crippen molar-refractivity contribution in [2.24, 2.45) is 5.73 Å². The van der Waals surface area contributed by atoms with Gasteiger partial charge in [0.25, 0.3) is 0 Å². The molecule has 1 amide bonds. The van der Waals surface area contributed by atoms with Gasteiger partial charge in [-0.2, -0.15) is 0 Å². The molecule has 2 N–H and O–H groups in total. The molecule has 0 atom stereocenters. The van der Waals surface area contributed by atoms with Crippen LogP contribution >= 0.6 is 0 Å². The minimum Gasteiger partial charge on any atom is -0.490 e. The second-order valence-corrected chi connectivity index (χ2v) is 7.84. The van der Waals surface area contributed by atoms with E-state index in [1.807, 2.05) is 0 Å². The second-order valence-electron chi connectivity index (χ2n) is 5.96. The number of nitro benzene ring substituents is 1. The van der Waals surface area contributed by atoms with E-state index >= 15 is 0 Å². The fourth-order valence-corrected chi connectivity index (χ4v) is 4.09. The molecule has 0 saturated heterocycles. The standard InChI is InChI=1S/C17H16N4O6S/c1-27-15-7-6-11(8-14(15)21(23)24)9-20-13-5-3-2-4-12(13)19-17(20)28(25,26)10-16(18)22/h2-8H,9-10H2,1H3,(H2,18,22). The molecule has 0 spiro atoms. The molecule has 3 aromatic rings. The van der Waals surface area contributed by atoms with E-state index in [4.69, 9.17) is 10.5 Å². The summed E-state index contributed by atoms with van der Waals surface area (Å²) in [6.45, 7) is -0.0152. The third kappa shape index (κ3) is 3.64. The predicted octanol–water partition coefficient (Wildman–Crippen LogP) is 1.26. The number of carbonyl (C=O) groups is 1. The van der Waals surface area contributed by atoms with Crippen LogP contribution in [0, 0.1) is 10.1 Å². The lowest BCUT2D eigenvalue weighted by Crippen LogP contribution is -2.25. The first kappa shape index (κ1) is 19.3. The van der Waals surface area contributed by atoms with E-state index in [1.165, 1.54) is 23.8 Å². The van der Waals surface area contributed by atoms with Gasteiger partial charge in [0.1, 0.15) is 5.75 Å². The van der Waals surface area contributed by atoms with Crippen molar-refractivity contribution in [1.29, 1.82) is 0 Å². The Morgan fingerprint density at radius 1 is 1.29 bits per heavy atom. The number of hydrogen-bond donors (Lipinski definition) is 1. The lowest BCUT2D eigenvalue weighted by molar-refractivity contribution is -0.385. The van der Waals surface area contributed by atoms with Crippen LogP contribution in [-0.4, -0.2) is 41.7 Å². The number of benzene rings is 2. The van der Waals surface area contributed by atoms with Gasteiger partial charge in [0.15, 0.2) is 5.75 Å². The number of ether oxygens (including phenoxy) is 1. The molecular weight excluding hydrogens is 388 g/mol. The Kier molecular flexibility index (Phi) is 5.01. The summed E-state index contributed by atoms with van der Waals surface area (Å²) < 4.78 is 31.5. The van der Waals surface area contributed by atoms with Crippen LogP contribution in [0.1, 0.15) is 5.56 Å². The van der Waals surface area contributed by atoms with Crippen LogP contribution in [-0.2, 0) is 21.2 Å². The van der Waals surface area contributed by atoms with Gasteiger partial charge in [-0.15, -0.1) is 0 Å². The number of imidazole rings is 1. The highest BCUT2D eigenvalue weighted by Gasteiger charge is 2.26. The Bertz CT molecular complexity index is 1190. The average Bonchev–Trinajstić information content (AvgIpc) is 3.00. The Labute approximate surface area is 159 Å². The molecular formula is C17H16N4O6S. The Hall–Kier alpha value is -3.47. The third-order valence-electron chi connectivity index (χ3n) is 4.01. The number of sulfone groups is 1. The molecule has 0 unspecified atom stereocenters. The predicted molar refractivity (Wildman–Crippen MR) is 99.7 cm³/mol. The molecule has 0 aliphatic heterocycles. The number of carbonyl (C=O) groups excluding carboxylic acids is 1. The fourth-order valence-electron chi connectivity index (χ4n) is 2.85. The van der Waals surface area contributed by atoms with Crippen molar-refractivity contribution in [1.82, 2.24) is 9.55 Å². The second kappa shape index (κ2) is 7.27. The molecule has 0 aliphatic rings. The van der Waals surface area contributed by atoms with Crippen molar-refractivity contribution < 1.29 is 22.9 Å². The number of nitro groups is 1. The van der Waals surface area contributed by atoms with E-state index in [9.17, 15) is 23.3 Å². The van der Waals surface area contributed by atoms with E-state index in [1.54, 1.807) is 30.3 Å². The smallest absolute Gasteiger partial charge is 0.311 e. The summed E-state index contributed by atoms with van der Waals surface area (Å²) in [6, 6.07) is 11.0. The Morgan fingerprint density at radius 2 is 2.00 bits per heavy atom. The number of amides is 1. The molecule has 0 radical (unpaired) electrons. The minimum atomic E-state index is -4.09. The highest BCUT2D eigenvalue weighted by molar-refractivity contribution is 7.92. The quantitative estimate of drug-likeness (QED) is 0.460. The molecule has 28 heavy (non-hydrogen) atoms. The van der Waals surface area contributed by atoms with Crippen molar-refractivity contribution >= 4 is 32.5 Å². The number of fused-ring (bicyclic) bond motifs is 1. The first-order valence-electron chi connectivity index (χ1n) is 8.00. The first-order valence-corrected chi connectivity index (χ1v) is 9.66. The average molecular weight is 404 g/mol. The molecule has 0 saturated carbocycles. The molecule has 0 fully saturated rings. The molecule has 2 aromatic carbocycles. The maximum absolute atomic E-state index is 12.6. The van der Waals surface area contributed by atoms with Gasteiger partial charge in [0.2, 0.25) is 20.9 Å². The number of hydrogen-bond acceptors (Lipinski definition) is 7. The van der Waals surface area contributed by atoms with Gasteiger partial charge in [0, 0.05) is 6.07 Å². The summed E-state index contributed by atoms with van der Waals surface area (Å²) in [6.07, 6.45) is 0. The minimum absolute atomic E-state index is 0.0152. The molecule has 146 valence electrons. The molecule has 3 rings (SSSR count). The number of nitrogens with zero attached hydrogens (tertiary/aromatic N) is 3. The van der Waals surface area contributed by atoms with Gasteiger partial charge in [-0.05, 0) is 23.8 Å². The lowest BCUT2D eigenvalue weighted by Gasteiger charge is -2.10. The maximum atomic E-state index is 12.6. The van der Waals surface area contributed by atoms with Gasteiger partial charge in [-0.3, -0.25) is 14.9 Å². The summed E-state index contributed by atoms with van der Waals surface area (Å²) in [5, 5.41) is 10.9. The van der Waals surface area contributed by atoms with Gasteiger partial charge >= 0.3 is 5.69 Å². The number of para-hydroxylation sites is 2. The molecule has 0 aliphatic carbocycles. The number of primary amides is 1. The summed E-state index contributed by atoms with van der Waals surface area (Å²) in [5.41, 5.74) is 6.19. The zero-order valence-electron chi connectivity index (χ0n) is 14.7. The van der Waals surface area contributed by atoms with Crippen molar-refractivity contribution in [2.75, 3.05) is 12.9 Å². The number of methoxy groups -OCH3 is 1. The van der Waals surface area contributed by atoms with E-state index in [-0.39, 0.29) is 23.1 Å². The summed E-state index contributed by atoms with van der Waals surface area (Å²) in [5.74, 6) is -1.80. The SMILES string of the molecule is COc1ccc(Cn2c(S(=O)(=O)CC(N)=O)nc3ccccc32)cc1[N+](=O)[O-]. The Balaban J connectivity index is 2.15. The largest absolute Gasteiger partial charge is 0.490 e. The van der Waals surface area contributed by atoms with Crippen LogP contribution < -0.4 is 10.5 Å². The van der Waals surface area contributed by atoms with E-state index in [0.717, 1.165) is 0 Å². The van der Waals surface area contributed by atoms with Crippen LogP contribution in [0.2, 0.25) is 0 Å². The van der Waals surface area contributed by atoms with E-state index in [2.05, 4.69) is 4.98 Å². The Morgan fingerprint density at radius 3 is 2.64 bits per heavy atom. The van der Waals surface area contributed by atoms with Crippen molar-refractivity contribution in [3.63, 3.8) is 0 Å². The number of rotatable bonds is 7. The highest BCUT2D eigenvalue weighted by atomic mass is 32.2. The van der Waals surface area contributed by atoms with Gasteiger partial charge in [0.05, 0.1) is 29.6 Å². The third-order valence-corrected chi connectivity index (χ3v) is 5.54. The van der Waals surface area contributed by atoms with Crippen molar-refractivity contribution in [3.05, 3.63) is 58.1 Å². The monoisotopic (exact) mass is 404 g/mol. The zero-order valence-corrected chi connectivity index (χ0v) is 15.5. The van der Waals surface area contributed by atoms with Crippen LogP contribution in [0.15, 0.2) is 47.6 Å². The molecule has 11 heteroatoms. The van der Waals surface area contributed by atoms with E-state index in [0.29, 0.717) is 16.6 Å². The molecule has 0 bridgehead atoms. The van der Waals surface area contributed by atoms with Crippen molar-refractivity contribution in [2.45, 2.75) is 11.7 Å². The molecule has 10 nitrogen and oxygen atoms in total. The highest BCUT2D eigenvalue weighted by Crippen LogP contribution is 2.29. The zero-order chi connectivity index (χ0) is 20.5. The van der Waals surface area contributed by atoms with Crippen molar-refractivity contribution in [3.8, 4) is 5.75 Å². The number of aromatic nitrogens is 2. The van der Waals surface area contributed by atoms with Gasteiger partial charge in [-0.1, -0.05) is 18.2 Å². The van der Waals surface area contributed by atoms with E-state index < -0.39 is 26.4 Å². The summed E-state index contributed by atoms with van der Waals surface area (Å²) >= 11 is 0. The summed E-state index contributed by atoms with van der Waals surface area (Å²) in [7, 11) is -2.77. The fraction of sp³-hybridized carbons (Fsp3) is 0.176. The van der Waals surface area contributed by atoms with Crippen LogP contribution in [0.4, 0.5) is 5.69 Å².